The van der Waals surface area contributed by atoms with Crippen LogP contribution in [0.1, 0.15) is 12.8 Å². The van der Waals surface area contributed by atoms with Gasteiger partial charge >= 0.3 is 5.92 Å². The molecule has 0 aromatic carbocycles. The maximum atomic E-state index is 12.1. The van der Waals surface area contributed by atoms with E-state index in [1.807, 2.05) is 0 Å². The first-order valence-corrected chi connectivity index (χ1v) is 2.38. The van der Waals surface area contributed by atoms with E-state index < -0.39 is 11.8 Å². The van der Waals surface area contributed by atoms with Crippen LogP contribution in [0.2, 0.25) is 0 Å². The quantitative estimate of drug-likeness (QED) is 0.583. The van der Waals surface area contributed by atoms with Gasteiger partial charge in [0, 0.05) is 6.92 Å². The predicted molar refractivity (Wildman–Crippen MR) is 26.1 cm³/mol. The summed E-state index contributed by atoms with van der Waals surface area (Å²) in [4.78, 5) is 3.27. The van der Waals surface area contributed by atoms with E-state index in [4.69, 9.17) is 0 Å². The van der Waals surface area contributed by atoms with Crippen molar-refractivity contribution in [3.8, 4) is 0 Å². The maximum absolute atomic E-state index is 12.1. The molecule has 1 heterocycles. The van der Waals surface area contributed by atoms with E-state index in [9.17, 15) is 8.78 Å². The van der Waals surface area contributed by atoms with E-state index in [1.54, 1.807) is 0 Å². The van der Waals surface area contributed by atoms with E-state index >= 15 is 0 Å². The van der Waals surface area contributed by atoms with Crippen molar-refractivity contribution in [1.29, 1.82) is 0 Å². The summed E-state index contributed by atoms with van der Waals surface area (Å²) in [5.74, 6) is -3.49. The van der Waals surface area contributed by atoms with Crippen LogP contribution in [0.15, 0.2) is 16.9 Å². The van der Waals surface area contributed by atoms with Crippen LogP contribution in [0.4, 0.5) is 8.78 Å². The normalized spacial score (nSPS) is 11.9. The fraction of sp³-hybridized carbons (Fsp3) is 0.400. The number of oxazole rings is 1. The Morgan fingerprint density at radius 2 is 2.33 bits per heavy atom. The molecule has 0 aliphatic heterocycles. The first-order chi connectivity index (χ1) is 4.11. The molecule has 0 saturated heterocycles. The van der Waals surface area contributed by atoms with Crippen molar-refractivity contribution >= 4 is 0 Å². The number of hydrogen-bond acceptors (Lipinski definition) is 2. The van der Waals surface area contributed by atoms with Crippen molar-refractivity contribution < 1.29 is 13.2 Å². The molecular formula is C5H5F2NO. The minimum Gasteiger partial charge on any atom is -0.444 e. The molecule has 0 aliphatic carbocycles. The Bertz CT molecular complexity index is 177. The highest BCUT2D eigenvalue weighted by Gasteiger charge is 2.29. The zero-order valence-corrected chi connectivity index (χ0v) is 4.77. The van der Waals surface area contributed by atoms with Gasteiger partial charge in [-0.3, -0.25) is 0 Å². The summed E-state index contributed by atoms with van der Waals surface area (Å²) in [6.07, 6.45) is 2.31. The van der Waals surface area contributed by atoms with Gasteiger partial charge in [0.15, 0.2) is 0 Å². The van der Waals surface area contributed by atoms with Gasteiger partial charge in [-0.15, -0.1) is 0 Å². The lowest BCUT2D eigenvalue weighted by atomic mass is 10.4. The number of aromatic nitrogens is 1. The Morgan fingerprint density at radius 3 is 2.56 bits per heavy atom. The summed E-state index contributed by atoms with van der Waals surface area (Å²) in [6, 6.07) is 0. The van der Waals surface area contributed by atoms with Crippen LogP contribution >= 0.6 is 0 Å². The zero-order chi connectivity index (χ0) is 6.91. The highest BCUT2D eigenvalue weighted by molar-refractivity contribution is 4.87. The van der Waals surface area contributed by atoms with E-state index in [1.165, 1.54) is 6.20 Å². The van der Waals surface area contributed by atoms with Gasteiger partial charge in [0.1, 0.15) is 6.26 Å². The Morgan fingerprint density at radius 1 is 1.67 bits per heavy atom. The third-order valence-corrected chi connectivity index (χ3v) is 0.808. The highest BCUT2D eigenvalue weighted by atomic mass is 19.3. The third-order valence-electron chi connectivity index (χ3n) is 0.808. The Hall–Kier alpha value is -0.930. The van der Waals surface area contributed by atoms with E-state index in [0.717, 1.165) is 13.2 Å². The Labute approximate surface area is 50.5 Å². The number of hydrogen-bond donors (Lipinski definition) is 0. The highest BCUT2D eigenvalue weighted by Crippen LogP contribution is 2.24. The van der Waals surface area contributed by atoms with Crippen LogP contribution in [-0.2, 0) is 5.92 Å². The van der Waals surface area contributed by atoms with E-state index in [0.29, 0.717) is 0 Å². The monoisotopic (exact) mass is 133 g/mol. The van der Waals surface area contributed by atoms with Crippen molar-refractivity contribution in [2.45, 2.75) is 12.8 Å². The molecule has 50 valence electrons. The molecule has 1 aromatic rings. The van der Waals surface area contributed by atoms with Crippen LogP contribution in [0.25, 0.3) is 0 Å². The molecule has 0 spiro atoms. The Balaban J connectivity index is 2.90. The molecule has 0 amide bonds. The molecule has 0 fully saturated rings. The van der Waals surface area contributed by atoms with Gasteiger partial charge in [-0.2, -0.15) is 8.78 Å². The lowest BCUT2D eigenvalue weighted by Crippen LogP contribution is -2.06. The van der Waals surface area contributed by atoms with Gasteiger partial charge in [0.05, 0.1) is 6.20 Å². The van der Waals surface area contributed by atoms with Gasteiger partial charge in [0.25, 0.3) is 5.89 Å². The summed E-state index contributed by atoms with van der Waals surface area (Å²) >= 11 is 0. The number of alkyl halides is 2. The molecule has 4 heteroatoms. The van der Waals surface area contributed by atoms with Crippen LogP contribution in [-0.4, -0.2) is 4.98 Å². The number of halogens is 2. The predicted octanol–water partition coefficient (Wildman–Crippen LogP) is 1.79. The molecular weight excluding hydrogens is 128 g/mol. The first kappa shape index (κ1) is 6.19. The average molecular weight is 133 g/mol. The average Bonchev–Trinajstić information content (AvgIpc) is 2.08. The van der Waals surface area contributed by atoms with Gasteiger partial charge in [-0.25, -0.2) is 4.98 Å². The fourth-order valence-electron chi connectivity index (χ4n) is 0.440. The largest absolute Gasteiger partial charge is 0.444 e. The van der Waals surface area contributed by atoms with Crippen LogP contribution in [0.5, 0.6) is 0 Å². The third kappa shape index (κ3) is 1.25. The molecule has 2 nitrogen and oxygen atoms in total. The standard InChI is InChI=1S/C5H5F2NO/c1-5(6,7)4-8-2-3-9-4/h2-3H,1H3. The topological polar surface area (TPSA) is 26.0 Å². The molecule has 0 N–H and O–H groups in total. The molecule has 0 atom stereocenters. The first-order valence-electron chi connectivity index (χ1n) is 2.38. The summed E-state index contributed by atoms with van der Waals surface area (Å²) in [5, 5.41) is 0. The van der Waals surface area contributed by atoms with Crippen molar-refractivity contribution in [1.82, 2.24) is 4.98 Å². The minimum atomic E-state index is -2.95. The Kier molecular flexibility index (Phi) is 1.23. The summed E-state index contributed by atoms with van der Waals surface area (Å²) in [7, 11) is 0. The van der Waals surface area contributed by atoms with Crippen LogP contribution in [0, 0.1) is 0 Å². The summed E-state index contributed by atoms with van der Waals surface area (Å²) in [6.45, 7) is 0.735. The van der Waals surface area contributed by atoms with Crippen LogP contribution < -0.4 is 0 Å². The lowest BCUT2D eigenvalue weighted by molar-refractivity contribution is -0.0108. The van der Waals surface area contributed by atoms with Gasteiger partial charge < -0.3 is 4.42 Å². The SMILES string of the molecule is CC(F)(F)c1ncco1. The fourth-order valence-corrected chi connectivity index (χ4v) is 0.440. The minimum absolute atomic E-state index is 0.539. The molecule has 0 unspecified atom stereocenters. The number of rotatable bonds is 1. The van der Waals surface area contributed by atoms with Gasteiger partial charge in [-0.05, 0) is 0 Å². The summed E-state index contributed by atoms with van der Waals surface area (Å²) in [5.41, 5.74) is 0. The lowest BCUT2D eigenvalue weighted by Gasteiger charge is -2.01. The molecule has 9 heavy (non-hydrogen) atoms. The molecule has 1 rings (SSSR count). The second kappa shape index (κ2) is 1.79. The van der Waals surface area contributed by atoms with Crippen LogP contribution in [0.3, 0.4) is 0 Å². The molecule has 1 aromatic heterocycles. The van der Waals surface area contributed by atoms with Crippen molar-refractivity contribution in [2.75, 3.05) is 0 Å². The smallest absolute Gasteiger partial charge is 0.319 e. The zero-order valence-electron chi connectivity index (χ0n) is 4.77. The maximum Gasteiger partial charge on any atom is 0.319 e. The summed E-state index contributed by atoms with van der Waals surface area (Å²) < 4.78 is 28.6. The number of nitrogens with zero attached hydrogens (tertiary/aromatic N) is 1. The second-order valence-electron chi connectivity index (χ2n) is 1.73. The van der Waals surface area contributed by atoms with Crippen molar-refractivity contribution in [2.24, 2.45) is 0 Å². The molecule has 0 radical (unpaired) electrons. The van der Waals surface area contributed by atoms with Crippen molar-refractivity contribution in [3.05, 3.63) is 18.4 Å². The van der Waals surface area contributed by atoms with Gasteiger partial charge in [0.2, 0.25) is 0 Å². The molecule has 0 aliphatic rings. The van der Waals surface area contributed by atoms with E-state index in [-0.39, 0.29) is 0 Å². The van der Waals surface area contributed by atoms with Crippen molar-refractivity contribution in [3.63, 3.8) is 0 Å². The van der Waals surface area contributed by atoms with Gasteiger partial charge in [-0.1, -0.05) is 0 Å². The molecule has 0 bridgehead atoms. The molecule has 0 saturated carbocycles. The second-order valence-corrected chi connectivity index (χ2v) is 1.73. The van der Waals surface area contributed by atoms with E-state index in [2.05, 4.69) is 9.40 Å².